The van der Waals surface area contributed by atoms with E-state index in [0.29, 0.717) is 18.0 Å². The molecule has 1 N–H and O–H groups in total. The second-order valence-corrected chi connectivity index (χ2v) is 6.24. The molecule has 2 aliphatic rings. The summed E-state index contributed by atoms with van der Waals surface area (Å²) in [4.78, 5) is 14.3. The predicted molar refractivity (Wildman–Crippen MR) is 77.5 cm³/mol. The number of aromatic nitrogens is 2. The van der Waals surface area contributed by atoms with E-state index in [1.54, 1.807) is 17.1 Å². The van der Waals surface area contributed by atoms with Crippen molar-refractivity contribution in [2.75, 3.05) is 26.2 Å². The average Bonchev–Trinajstić information content (AvgIpc) is 3.01. The lowest BCUT2D eigenvalue weighted by molar-refractivity contribution is -0.131. The van der Waals surface area contributed by atoms with E-state index in [2.05, 4.69) is 10.4 Å². The molecule has 0 aromatic carbocycles. The van der Waals surface area contributed by atoms with Crippen molar-refractivity contribution < 1.29 is 4.79 Å². The van der Waals surface area contributed by atoms with Gasteiger partial charge < -0.3 is 10.2 Å². The number of likely N-dealkylation sites (tertiary alicyclic amines) is 1. The molecule has 3 rings (SSSR count). The highest BCUT2D eigenvalue weighted by atomic mass is 35.5. The summed E-state index contributed by atoms with van der Waals surface area (Å²) in [5.41, 5.74) is 0. The van der Waals surface area contributed by atoms with Gasteiger partial charge in [0, 0.05) is 32.3 Å². The van der Waals surface area contributed by atoms with Crippen LogP contribution in [0.1, 0.15) is 19.3 Å². The van der Waals surface area contributed by atoms with Gasteiger partial charge in [0.25, 0.3) is 0 Å². The molecule has 2 aliphatic heterocycles. The predicted octanol–water partition coefficient (Wildman–Crippen LogP) is 1.38. The zero-order valence-corrected chi connectivity index (χ0v) is 12.4. The monoisotopic (exact) mass is 296 g/mol. The molecular weight excluding hydrogens is 276 g/mol. The van der Waals surface area contributed by atoms with Gasteiger partial charge in [0.1, 0.15) is 0 Å². The maximum atomic E-state index is 12.3. The molecule has 0 aliphatic carbocycles. The molecule has 3 heterocycles. The lowest BCUT2D eigenvalue weighted by Crippen LogP contribution is -2.33. The molecule has 0 unspecified atom stereocenters. The molecule has 5 nitrogen and oxygen atoms in total. The maximum Gasteiger partial charge on any atom is 0.224 e. The minimum atomic E-state index is 0.240. The fourth-order valence-corrected chi connectivity index (χ4v) is 3.45. The Morgan fingerprint density at radius 2 is 2.05 bits per heavy atom. The van der Waals surface area contributed by atoms with Crippen LogP contribution in [0.5, 0.6) is 0 Å². The van der Waals surface area contributed by atoms with Crippen LogP contribution in [0, 0.1) is 11.8 Å². The van der Waals surface area contributed by atoms with Gasteiger partial charge in [-0.25, -0.2) is 0 Å². The van der Waals surface area contributed by atoms with Crippen LogP contribution in [0.2, 0.25) is 5.02 Å². The molecule has 0 radical (unpaired) electrons. The summed E-state index contributed by atoms with van der Waals surface area (Å²) < 4.78 is 1.73. The van der Waals surface area contributed by atoms with Gasteiger partial charge in [0.2, 0.25) is 5.91 Å². The Labute approximate surface area is 124 Å². The van der Waals surface area contributed by atoms with Crippen LogP contribution >= 0.6 is 11.6 Å². The summed E-state index contributed by atoms with van der Waals surface area (Å²) in [6.45, 7) is 4.66. The lowest BCUT2D eigenvalue weighted by atomic mass is 9.92. The van der Waals surface area contributed by atoms with Crippen molar-refractivity contribution in [3.63, 3.8) is 0 Å². The summed E-state index contributed by atoms with van der Waals surface area (Å²) in [7, 11) is 0. The van der Waals surface area contributed by atoms with Crippen LogP contribution in [-0.4, -0.2) is 46.8 Å². The van der Waals surface area contributed by atoms with Crippen molar-refractivity contribution in [1.29, 1.82) is 0 Å². The van der Waals surface area contributed by atoms with E-state index in [4.69, 9.17) is 11.6 Å². The number of rotatable bonds is 3. The molecule has 0 spiro atoms. The number of amides is 1. The normalized spacial score (nSPS) is 26.4. The Hall–Kier alpha value is -1.07. The number of aryl methyl sites for hydroxylation is 1. The quantitative estimate of drug-likeness (QED) is 0.917. The first-order valence-electron chi connectivity index (χ1n) is 7.39. The summed E-state index contributed by atoms with van der Waals surface area (Å²) in [5, 5.41) is 8.18. The highest BCUT2D eigenvalue weighted by Crippen LogP contribution is 2.27. The lowest BCUT2D eigenvalue weighted by Gasteiger charge is -2.20. The SMILES string of the molecule is O=C(CCn1cc(Cl)cn1)N1CC[C@@H]2CNC[C@@H]2CC1. The number of hydrogen-bond acceptors (Lipinski definition) is 3. The fraction of sp³-hybridized carbons (Fsp3) is 0.714. The van der Waals surface area contributed by atoms with Gasteiger partial charge in [0.15, 0.2) is 0 Å². The highest BCUT2D eigenvalue weighted by Gasteiger charge is 2.31. The topological polar surface area (TPSA) is 50.2 Å². The molecule has 0 saturated carbocycles. The molecule has 6 heteroatoms. The van der Waals surface area contributed by atoms with Gasteiger partial charge in [-0.1, -0.05) is 11.6 Å². The number of hydrogen-bond donors (Lipinski definition) is 1. The summed E-state index contributed by atoms with van der Waals surface area (Å²) in [6.07, 6.45) is 6.14. The highest BCUT2D eigenvalue weighted by molar-refractivity contribution is 6.30. The molecule has 2 saturated heterocycles. The van der Waals surface area contributed by atoms with Crippen LogP contribution in [-0.2, 0) is 11.3 Å². The molecule has 0 bridgehead atoms. The Kier molecular flexibility index (Phi) is 4.27. The van der Waals surface area contributed by atoms with Crippen molar-refractivity contribution in [2.24, 2.45) is 11.8 Å². The van der Waals surface area contributed by atoms with E-state index in [0.717, 1.165) is 50.9 Å². The van der Waals surface area contributed by atoms with E-state index in [9.17, 15) is 4.79 Å². The zero-order chi connectivity index (χ0) is 13.9. The summed E-state index contributed by atoms with van der Waals surface area (Å²) in [5.74, 6) is 1.76. The average molecular weight is 297 g/mol. The second kappa shape index (κ2) is 6.14. The van der Waals surface area contributed by atoms with E-state index in [1.165, 1.54) is 0 Å². The van der Waals surface area contributed by atoms with E-state index in [-0.39, 0.29) is 5.91 Å². The van der Waals surface area contributed by atoms with Crippen LogP contribution in [0.3, 0.4) is 0 Å². The Balaban J connectivity index is 1.49. The fourth-order valence-electron chi connectivity index (χ4n) is 3.30. The molecular formula is C14H21ClN4O. The van der Waals surface area contributed by atoms with Crippen molar-refractivity contribution >= 4 is 17.5 Å². The molecule has 1 amide bonds. The first kappa shape index (κ1) is 13.9. The molecule has 2 atom stereocenters. The van der Waals surface area contributed by atoms with Crippen LogP contribution in [0.4, 0.5) is 0 Å². The number of halogens is 1. The Morgan fingerprint density at radius 3 is 2.65 bits per heavy atom. The smallest absolute Gasteiger partial charge is 0.224 e. The van der Waals surface area contributed by atoms with E-state index >= 15 is 0 Å². The van der Waals surface area contributed by atoms with Crippen LogP contribution in [0.25, 0.3) is 0 Å². The van der Waals surface area contributed by atoms with Gasteiger partial charge in [-0.15, -0.1) is 0 Å². The second-order valence-electron chi connectivity index (χ2n) is 5.81. The number of nitrogens with zero attached hydrogens (tertiary/aromatic N) is 3. The first-order chi connectivity index (χ1) is 9.72. The van der Waals surface area contributed by atoms with Gasteiger partial charge in [0.05, 0.1) is 11.2 Å². The van der Waals surface area contributed by atoms with E-state index in [1.807, 2.05) is 4.90 Å². The molecule has 1 aromatic rings. The number of nitrogens with one attached hydrogen (secondary N) is 1. The molecule has 110 valence electrons. The largest absolute Gasteiger partial charge is 0.343 e. The number of carbonyl (C=O) groups is 1. The van der Waals surface area contributed by atoms with E-state index < -0.39 is 0 Å². The minimum Gasteiger partial charge on any atom is -0.343 e. The zero-order valence-electron chi connectivity index (χ0n) is 11.6. The first-order valence-corrected chi connectivity index (χ1v) is 7.76. The van der Waals surface area contributed by atoms with Gasteiger partial charge in [-0.05, 0) is 37.8 Å². The van der Waals surface area contributed by atoms with Crippen molar-refractivity contribution in [3.05, 3.63) is 17.4 Å². The van der Waals surface area contributed by atoms with Gasteiger partial charge >= 0.3 is 0 Å². The third-order valence-electron chi connectivity index (χ3n) is 4.53. The minimum absolute atomic E-state index is 0.240. The van der Waals surface area contributed by atoms with Crippen molar-refractivity contribution in [2.45, 2.75) is 25.8 Å². The Morgan fingerprint density at radius 1 is 1.35 bits per heavy atom. The summed E-state index contributed by atoms with van der Waals surface area (Å²) >= 11 is 5.82. The van der Waals surface area contributed by atoms with Crippen LogP contribution in [0.15, 0.2) is 12.4 Å². The third kappa shape index (κ3) is 3.15. The third-order valence-corrected chi connectivity index (χ3v) is 4.72. The number of carbonyl (C=O) groups excluding carboxylic acids is 1. The van der Waals surface area contributed by atoms with Crippen molar-refractivity contribution in [3.8, 4) is 0 Å². The van der Waals surface area contributed by atoms with Crippen LogP contribution < -0.4 is 5.32 Å². The molecule has 2 fully saturated rings. The summed E-state index contributed by atoms with van der Waals surface area (Å²) in [6, 6.07) is 0. The molecule has 1 aromatic heterocycles. The van der Waals surface area contributed by atoms with Crippen molar-refractivity contribution in [1.82, 2.24) is 20.0 Å². The Bertz CT molecular complexity index is 461. The standard InChI is InChI=1S/C14H21ClN4O/c15-13-9-17-19(10-13)6-3-14(20)18-4-1-11-7-16-8-12(11)2-5-18/h9-12,16H,1-8H2/t11-,12+. The number of fused-ring (bicyclic) bond motifs is 1. The van der Waals surface area contributed by atoms with Gasteiger partial charge in [-0.3, -0.25) is 9.48 Å². The van der Waals surface area contributed by atoms with Gasteiger partial charge in [-0.2, -0.15) is 5.10 Å². The maximum absolute atomic E-state index is 12.3. The molecule has 20 heavy (non-hydrogen) atoms.